The number of aliphatic hydroxyl groups is 1. The Labute approximate surface area is 100 Å². The zero-order chi connectivity index (χ0) is 12.4. The molecule has 5 nitrogen and oxygen atoms in total. The molecule has 0 heterocycles. The van der Waals surface area contributed by atoms with Crippen molar-refractivity contribution < 1.29 is 19.8 Å². The van der Waals surface area contributed by atoms with Crippen molar-refractivity contribution in [3.8, 4) is 0 Å². The van der Waals surface area contributed by atoms with Crippen LogP contribution < -0.4 is 0 Å². The second kappa shape index (κ2) is 5.04. The number of amides is 1. The van der Waals surface area contributed by atoms with Crippen LogP contribution in [0.4, 0.5) is 0 Å². The van der Waals surface area contributed by atoms with Gasteiger partial charge in [-0.15, -0.1) is 0 Å². The molecule has 17 heavy (non-hydrogen) atoms. The van der Waals surface area contributed by atoms with Crippen molar-refractivity contribution in [1.29, 1.82) is 0 Å². The Morgan fingerprint density at radius 3 is 2.24 bits per heavy atom. The lowest BCUT2D eigenvalue weighted by atomic mass is 10.0. The Morgan fingerprint density at radius 2 is 1.76 bits per heavy atom. The van der Waals surface area contributed by atoms with E-state index in [2.05, 4.69) is 0 Å². The highest BCUT2D eigenvalue weighted by molar-refractivity contribution is 5.81. The first-order chi connectivity index (χ1) is 8.13. The molecule has 0 radical (unpaired) electrons. The number of hydrogen-bond acceptors (Lipinski definition) is 3. The van der Waals surface area contributed by atoms with Gasteiger partial charge in [0.05, 0.1) is 12.5 Å². The minimum atomic E-state index is -0.791. The van der Waals surface area contributed by atoms with Gasteiger partial charge in [0.1, 0.15) is 0 Å². The average Bonchev–Trinajstić information content (AvgIpc) is 3.00. The van der Waals surface area contributed by atoms with E-state index in [0.717, 1.165) is 12.8 Å². The van der Waals surface area contributed by atoms with E-state index in [1.807, 2.05) is 0 Å². The van der Waals surface area contributed by atoms with E-state index in [1.165, 1.54) is 0 Å². The zero-order valence-electron chi connectivity index (χ0n) is 9.84. The summed E-state index contributed by atoms with van der Waals surface area (Å²) in [7, 11) is 0. The van der Waals surface area contributed by atoms with Gasteiger partial charge in [0.2, 0.25) is 5.91 Å². The van der Waals surface area contributed by atoms with Crippen molar-refractivity contribution in [2.24, 2.45) is 11.8 Å². The van der Waals surface area contributed by atoms with E-state index in [9.17, 15) is 9.59 Å². The molecule has 2 fully saturated rings. The number of carbonyl (C=O) groups is 2. The summed E-state index contributed by atoms with van der Waals surface area (Å²) in [6.45, 7) is 0.370. The third-order valence-corrected chi connectivity index (χ3v) is 3.74. The minimum absolute atomic E-state index is 0.0165. The topological polar surface area (TPSA) is 77.8 Å². The summed E-state index contributed by atoms with van der Waals surface area (Å²) in [4.78, 5) is 24.8. The summed E-state index contributed by atoms with van der Waals surface area (Å²) >= 11 is 0. The highest BCUT2D eigenvalue weighted by atomic mass is 16.4. The van der Waals surface area contributed by atoms with Crippen molar-refractivity contribution in [1.82, 2.24) is 4.90 Å². The van der Waals surface area contributed by atoms with Crippen LogP contribution in [-0.4, -0.2) is 46.2 Å². The van der Waals surface area contributed by atoms with Crippen molar-refractivity contribution in [2.75, 3.05) is 13.2 Å². The summed E-state index contributed by atoms with van der Waals surface area (Å²) < 4.78 is 0. The monoisotopic (exact) mass is 241 g/mol. The summed E-state index contributed by atoms with van der Waals surface area (Å²) in [5, 5.41) is 17.9. The molecule has 2 N–H and O–H groups in total. The lowest BCUT2D eigenvalue weighted by molar-refractivity contribution is -0.141. The van der Waals surface area contributed by atoms with Crippen molar-refractivity contribution >= 4 is 11.9 Å². The molecule has 0 spiro atoms. The first-order valence-corrected chi connectivity index (χ1v) is 6.27. The molecule has 0 aromatic carbocycles. The van der Waals surface area contributed by atoms with Crippen LogP contribution in [0.3, 0.4) is 0 Å². The maximum atomic E-state index is 12.2. The average molecular weight is 241 g/mol. The van der Waals surface area contributed by atoms with E-state index in [4.69, 9.17) is 10.2 Å². The van der Waals surface area contributed by atoms with Crippen LogP contribution in [-0.2, 0) is 9.59 Å². The summed E-state index contributed by atoms with van der Waals surface area (Å²) in [6.07, 6.45) is 3.76. The van der Waals surface area contributed by atoms with E-state index >= 15 is 0 Å². The number of nitrogens with zero attached hydrogens (tertiary/aromatic N) is 1. The third-order valence-electron chi connectivity index (χ3n) is 3.74. The van der Waals surface area contributed by atoms with Gasteiger partial charge >= 0.3 is 5.97 Å². The molecular formula is C12H19NO4. The van der Waals surface area contributed by atoms with Gasteiger partial charge < -0.3 is 15.1 Å². The molecule has 0 saturated heterocycles. The van der Waals surface area contributed by atoms with E-state index in [1.54, 1.807) is 4.90 Å². The van der Waals surface area contributed by atoms with E-state index in [0.29, 0.717) is 31.8 Å². The molecule has 0 unspecified atom stereocenters. The summed E-state index contributed by atoms with van der Waals surface area (Å²) in [6, 6.07) is 0.290. The molecule has 2 saturated carbocycles. The molecular weight excluding hydrogens is 222 g/mol. The van der Waals surface area contributed by atoms with Gasteiger partial charge in [-0.3, -0.25) is 9.59 Å². The Kier molecular flexibility index (Phi) is 3.66. The number of aliphatic carboxylic acids is 1. The van der Waals surface area contributed by atoms with Gasteiger partial charge in [0.15, 0.2) is 0 Å². The minimum Gasteiger partial charge on any atom is -0.481 e. The van der Waals surface area contributed by atoms with Crippen LogP contribution in [0.15, 0.2) is 0 Å². The van der Waals surface area contributed by atoms with E-state index in [-0.39, 0.29) is 24.3 Å². The Morgan fingerprint density at radius 1 is 1.12 bits per heavy atom. The fraction of sp³-hybridized carbons (Fsp3) is 0.833. The van der Waals surface area contributed by atoms with Crippen LogP contribution in [0.25, 0.3) is 0 Å². The second-order valence-corrected chi connectivity index (χ2v) is 5.03. The maximum Gasteiger partial charge on any atom is 0.306 e. The normalized spacial score (nSPS) is 28.1. The summed E-state index contributed by atoms with van der Waals surface area (Å²) in [5.74, 6) is -1.26. The number of carboxylic acids is 1. The summed E-state index contributed by atoms with van der Waals surface area (Å²) in [5.41, 5.74) is 0. The molecule has 0 aromatic rings. The highest BCUT2D eigenvalue weighted by Crippen LogP contribution is 2.35. The van der Waals surface area contributed by atoms with Crippen LogP contribution in [0, 0.1) is 11.8 Å². The van der Waals surface area contributed by atoms with E-state index < -0.39 is 5.97 Å². The fourth-order valence-electron chi connectivity index (χ4n) is 2.63. The van der Waals surface area contributed by atoms with Crippen molar-refractivity contribution in [3.05, 3.63) is 0 Å². The Balaban J connectivity index is 1.92. The van der Waals surface area contributed by atoms with Gasteiger partial charge in [-0.1, -0.05) is 0 Å². The number of carbonyl (C=O) groups excluding carboxylic acids is 1. The third kappa shape index (κ3) is 2.77. The standard InChI is InChI=1S/C12H19NO4/c14-6-5-13(10-3-4-10)11(15)8-1-2-9(7-8)12(16)17/h8-10,14H,1-7H2,(H,16,17)/t8-,9+/m1/s1. The van der Waals surface area contributed by atoms with Gasteiger partial charge in [0.25, 0.3) is 0 Å². The largest absolute Gasteiger partial charge is 0.481 e. The number of aliphatic hydroxyl groups excluding tert-OH is 1. The predicted octanol–water partition coefficient (Wildman–Crippen LogP) is 0.471. The molecule has 0 aromatic heterocycles. The highest BCUT2D eigenvalue weighted by Gasteiger charge is 2.39. The lowest BCUT2D eigenvalue weighted by Crippen LogP contribution is -2.39. The molecule has 2 aliphatic carbocycles. The molecule has 0 aliphatic heterocycles. The first-order valence-electron chi connectivity index (χ1n) is 6.27. The predicted molar refractivity (Wildman–Crippen MR) is 60.3 cm³/mol. The van der Waals surface area contributed by atoms with Gasteiger partial charge in [-0.05, 0) is 32.1 Å². The van der Waals surface area contributed by atoms with Crippen molar-refractivity contribution in [3.63, 3.8) is 0 Å². The van der Waals surface area contributed by atoms with Crippen molar-refractivity contribution in [2.45, 2.75) is 38.1 Å². The fourth-order valence-corrected chi connectivity index (χ4v) is 2.63. The zero-order valence-corrected chi connectivity index (χ0v) is 9.84. The van der Waals surface area contributed by atoms with Crippen LogP contribution in [0.2, 0.25) is 0 Å². The van der Waals surface area contributed by atoms with Gasteiger partial charge in [0, 0.05) is 18.5 Å². The Bertz CT molecular complexity index is 314. The number of carboxylic acid groups (broad SMARTS) is 1. The molecule has 0 bridgehead atoms. The van der Waals surface area contributed by atoms with Crippen LogP contribution in [0.1, 0.15) is 32.1 Å². The second-order valence-electron chi connectivity index (χ2n) is 5.03. The molecule has 1 amide bonds. The van der Waals surface area contributed by atoms with Crippen LogP contribution in [0.5, 0.6) is 0 Å². The maximum absolute atomic E-state index is 12.2. The lowest BCUT2D eigenvalue weighted by Gasteiger charge is -2.24. The SMILES string of the molecule is O=C(O)[C@H]1CC[C@@H](C(=O)N(CCO)C2CC2)C1. The number of rotatable bonds is 5. The molecule has 2 atom stereocenters. The smallest absolute Gasteiger partial charge is 0.306 e. The first kappa shape index (κ1) is 12.4. The van der Waals surface area contributed by atoms with Gasteiger partial charge in [-0.25, -0.2) is 0 Å². The molecule has 96 valence electrons. The molecule has 2 rings (SSSR count). The number of hydrogen-bond donors (Lipinski definition) is 2. The van der Waals surface area contributed by atoms with Crippen LogP contribution >= 0.6 is 0 Å². The molecule has 5 heteroatoms. The Hall–Kier alpha value is -1.10. The molecule has 2 aliphatic rings. The quantitative estimate of drug-likeness (QED) is 0.733. The van der Waals surface area contributed by atoms with Gasteiger partial charge in [-0.2, -0.15) is 0 Å².